The van der Waals surface area contributed by atoms with Crippen LogP contribution in [0.2, 0.25) is 0 Å². The molecule has 0 saturated carbocycles. The molecule has 0 aliphatic heterocycles. The van der Waals surface area contributed by atoms with E-state index in [4.69, 9.17) is 9.47 Å². The number of ether oxygens (including phenoxy) is 2. The van der Waals surface area contributed by atoms with Crippen molar-refractivity contribution in [1.82, 2.24) is 0 Å². The Hall–Kier alpha value is -2.05. The molecule has 3 nitrogen and oxygen atoms in total. The van der Waals surface area contributed by atoms with E-state index in [2.05, 4.69) is 18.8 Å². The lowest BCUT2D eigenvalue weighted by Gasteiger charge is -2.10. The normalized spacial score (nSPS) is 11.8. The first kappa shape index (κ1) is 24.0. The average Bonchev–Trinajstić information content (AvgIpc) is 2.71. The number of carbonyl (C=O) groups is 1. The van der Waals surface area contributed by atoms with Crippen LogP contribution in [0.1, 0.15) is 77.2 Å². The van der Waals surface area contributed by atoms with Gasteiger partial charge < -0.3 is 9.47 Å². The highest BCUT2D eigenvalue weighted by atomic mass is 16.5. The number of unbranched alkanes of at least 4 members (excludes halogenated alkanes) is 7. The van der Waals surface area contributed by atoms with Crippen LogP contribution in [0, 0.1) is 11.8 Å². The monoisotopic (exact) mass is 384 g/mol. The van der Waals surface area contributed by atoms with Crippen LogP contribution in [0.3, 0.4) is 0 Å². The Kier molecular flexibility index (Phi) is 14.6. The fraction of sp³-hybridized carbons (Fsp3) is 0.560. The SMILES string of the molecule is CCCCCCCCCC#C[C@@H](C/C=C/C(=O)OCC)OCc1ccccc1. The summed E-state index contributed by atoms with van der Waals surface area (Å²) in [5.74, 6) is 6.17. The Morgan fingerprint density at radius 1 is 1.04 bits per heavy atom. The van der Waals surface area contributed by atoms with Gasteiger partial charge in [-0.2, -0.15) is 0 Å². The van der Waals surface area contributed by atoms with E-state index >= 15 is 0 Å². The number of hydrogen-bond acceptors (Lipinski definition) is 3. The lowest BCUT2D eigenvalue weighted by atomic mass is 10.1. The second-order valence-corrected chi connectivity index (χ2v) is 6.87. The van der Waals surface area contributed by atoms with E-state index in [1.807, 2.05) is 30.3 Å². The molecule has 1 aromatic carbocycles. The molecule has 0 unspecified atom stereocenters. The molecule has 0 radical (unpaired) electrons. The van der Waals surface area contributed by atoms with Crippen molar-refractivity contribution in [2.45, 2.75) is 84.3 Å². The summed E-state index contributed by atoms with van der Waals surface area (Å²) in [6.07, 6.45) is 13.5. The first-order valence-electron chi connectivity index (χ1n) is 10.7. The fourth-order valence-electron chi connectivity index (χ4n) is 2.77. The lowest BCUT2D eigenvalue weighted by Crippen LogP contribution is -2.10. The molecular weight excluding hydrogens is 348 g/mol. The summed E-state index contributed by atoms with van der Waals surface area (Å²) in [7, 11) is 0. The molecule has 0 heterocycles. The Morgan fingerprint density at radius 3 is 2.46 bits per heavy atom. The largest absolute Gasteiger partial charge is 0.463 e. The van der Waals surface area contributed by atoms with Crippen LogP contribution < -0.4 is 0 Å². The molecule has 1 atom stereocenters. The summed E-state index contributed by atoms with van der Waals surface area (Å²) < 4.78 is 10.9. The molecule has 0 aliphatic carbocycles. The van der Waals surface area contributed by atoms with Gasteiger partial charge in [0, 0.05) is 18.9 Å². The quantitative estimate of drug-likeness (QED) is 0.165. The van der Waals surface area contributed by atoms with Crippen LogP contribution in [0.25, 0.3) is 0 Å². The number of hydrogen-bond donors (Lipinski definition) is 0. The molecule has 1 aromatic rings. The number of benzene rings is 1. The zero-order chi connectivity index (χ0) is 20.3. The molecule has 0 saturated heterocycles. The van der Waals surface area contributed by atoms with Crippen LogP contribution in [-0.2, 0) is 20.9 Å². The van der Waals surface area contributed by atoms with E-state index in [0.29, 0.717) is 19.6 Å². The lowest BCUT2D eigenvalue weighted by molar-refractivity contribution is -0.137. The van der Waals surface area contributed by atoms with Crippen molar-refractivity contribution in [3.8, 4) is 11.8 Å². The maximum absolute atomic E-state index is 11.4. The minimum atomic E-state index is -0.319. The Balaban J connectivity index is 2.40. The van der Waals surface area contributed by atoms with Crippen molar-refractivity contribution in [3.63, 3.8) is 0 Å². The van der Waals surface area contributed by atoms with E-state index in [9.17, 15) is 4.79 Å². The van der Waals surface area contributed by atoms with Gasteiger partial charge in [0.25, 0.3) is 0 Å². The van der Waals surface area contributed by atoms with E-state index in [0.717, 1.165) is 18.4 Å². The number of esters is 1. The summed E-state index contributed by atoms with van der Waals surface area (Å²) in [4.78, 5) is 11.4. The van der Waals surface area contributed by atoms with Crippen molar-refractivity contribution in [2.24, 2.45) is 0 Å². The molecule has 28 heavy (non-hydrogen) atoms. The summed E-state index contributed by atoms with van der Waals surface area (Å²) in [5, 5.41) is 0. The molecule has 0 spiro atoms. The molecule has 1 rings (SSSR count). The zero-order valence-electron chi connectivity index (χ0n) is 17.6. The third-order valence-electron chi connectivity index (χ3n) is 4.35. The van der Waals surface area contributed by atoms with Crippen molar-refractivity contribution in [3.05, 3.63) is 48.0 Å². The fourth-order valence-corrected chi connectivity index (χ4v) is 2.77. The first-order valence-corrected chi connectivity index (χ1v) is 10.7. The average molecular weight is 385 g/mol. The predicted octanol–water partition coefficient (Wildman–Crippen LogP) is 6.23. The highest BCUT2D eigenvalue weighted by molar-refractivity contribution is 5.81. The molecule has 0 aromatic heterocycles. The van der Waals surface area contributed by atoms with E-state index in [1.165, 1.54) is 44.6 Å². The molecule has 0 amide bonds. The van der Waals surface area contributed by atoms with Crippen molar-refractivity contribution in [1.29, 1.82) is 0 Å². The highest BCUT2D eigenvalue weighted by Gasteiger charge is 2.05. The van der Waals surface area contributed by atoms with Gasteiger partial charge in [-0.15, -0.1) is 5.92 Å². The van der Waals surface area contributed by atoms with Gasteiger partial charge in [-0.05, 0) is 18.9 Å². The zero-order valence-corrected chi connectivity index (χ0v) is 17.6. The minimum absolute atomic E-state index is 0.213. The van der Waals surface area contributed by atoms with Gasteiger partial charge in [0.1, 0.15) is 6.10 Å². The van der Waals surface area contributed by atoms with Crippen molar-refractivity contribution >= 4 is 5.97 Å². The van der Waals surface area contributed by atoms with Gasteiger partial charge in [-0.3, -0.25) is 0 Å². The third-order valence-corrected chi connectivity index (χ3v) is 4.35. The molecule has 154 valence electrons. The summed E-state index contributed by atoms with van der Waals surface area (Å²) >= 11 is 0. The van der Waals surface area contributed by atoms with E-state index in [-0.39, 0.29) is 12.1 Å². The highest BCUT2D eigenvalue weighted by Crippen LogP contribution is 2.09. The maximum Gasteiger partial charge on any atom is 0.330 e. The standard InChI is InChI=1S/C25H36O3/c1-3-5-6-7-8-9-10-11-15-19-24(20-16-21-25(26)27-4-2)28-22-23-17-13-12-14-18-23/h12-14,16-18,21,24H,3-11,20,22H2,1-2H3/b21-16+/t24-/m0/s1. The van der Waals surface area contributed by atoms with Crippen molar-refractivity contribution < 1.29 is 14.3 Å². The van der Waals surface area contributed by atoms with Crippen molar-refractivity contribution in [2.75, 3.05) is 6.61 Å². The molecule has 0 N–H and O–H groups in total. The summed E-state index contributed by atoms with van der Waals surface area (Å²) in [5.41, 5.74) is 1.12. The molecular formula is C25H36O3. The minimum Gasteiger partial charge on any atom is -0.463 e. The number of rotatable bonds is 14. The Labute approximate surface area is 171 Å². The Morgan fingerprint density at radius 2 is 1.75 bits per heavy atom. The van der Waals surface area contributed by atoms with Gasteiger partial charge in [-0.25, -0.2) is 4.79 Å². The van der Waals surface area contributed by atoms with Gasteiger partial charge in [0.05, 0.1) is 13.2 Å². The third kappa shape index (κ3) is 13.2. The predicted molar refractivity (Wildman–Crippen MR) is 116 cm³/mol. The van der Waals surface area contributed by atoms with Gasteiger partial charge >= 0.3 is 5.97 Å². The molecule has 3 heteroatoms. The van der Waals surface area contributed by atoms with Gasteiger partial charge in [-0.1, -0.05) is 87.8 Å². The smallest absolute Gasteiger partial charge is 0.330 e. The number of carbonyl (C=O) groups excluding carboxylic acids is 1. The first-order chi connectivity index (χ1) is 13.8. The second-order valence-electron chi connectivity index (χ2n) is 6.87. The Bertz CT molecular complexity index is 595. The van der Waals surface area contributed by atoms with E-state index in [1.54, 1.807) is 13.0 Å². The van der Waals surface area contributed by atoms with Crippen LogP contribution in [0.4, 0.5) is 0 Å². The molecule has 0 bridgehead atoms. The molecule has 0 aliphatic rings. The van der Waals surface area contributed by atoms with Crippen LogP contribution in [-0.4, -0.2) is 18.7 Å². The van der Waals surface area contributed by atoms with Crippen LogP contribution in [0.15, 0.2) is 42.5 Å². The summed E-state index contributed by atoms with van der Waals surface area (Å²) in [6.45, 7) is 4.95. The van der Waals surface area contributed by atoms with Crippen LogP contribution in [0.5, 0.6) is 0 Å². The van der Waals surface area contributed by atoms with Crippen LogP contribution >= 0.6 is 0 Å². The van der Waals surface area contributed by atoms with Gasteiger partial charge in [0.15, 0.2) is 0 Å². The second kappa shape index (κ2) is 17.1. The van der Waals surface area contributed by atoms with E-state index < -0.39 is 0 Å². The van der Waals surface area contributed by atoms with Gasteiger partial charge in [0.2, 0.25) is 0 Å². The summed E-state index contributed by atoms with van der Waals surface area (Å²) in [6, 6.07) is 10.1. The topological polar surface area (TPSA) is 35.5 Å². The molecule has 0 fully saturated rings. The maximum atomic E-state index is 11.4.